The Kier molecular flexibility index (Phi) is 4.38. The van der Waals surface area contributed by atoms with Crippen LogP contribution in [0.1, 0.15) is 21.5 Å². The number of halogens is 3. The molecule has 1 aliphatic heterocycles. The van der Waals surface area contributed by atoms with Crippen molar-refractivity contribution in [1.82, 2.24) is 14.8 Å². The van der Waals surface area contributed by atoms with Crippen LogP contribution in [-0.4, -0.2) is 27.5 Å². The van der Waals surface area contributed by atoms with E-state index in [1.165, 1.54) is 23.1 Å². The number of nitrogens with one attached hydrogen (secondary N) is 1. The van der Waals surface area contributed by atoms with Crippen LogP contribution in [0.4, 0.5) is 19.1 Å². The number of hydrogen-bond donors (Lipinski definition) is 1. The third-order valence-electron chi connectivity index (χ3n) is 4.00. The lowest BCUT2D eigenvalue weighted by Crippen LogP contribution is -2.13. The van der Waals surface area contributed by atoms with Crippen LogP contribution in [0.2, 0.25) is 0 Å². The third-order valence-corrected chi connectivity index (χ3v) is 4.00. The highest BCUT2D eigenvalue weighted by atomic mass is 19.4. The second-order valence-corrected chi connectivity index (χ2v) is 5.99. The molecule has 0 fully saturated rings. The molecule has 0 bridgehead atoms. The number of hydrogen-bond acceptors (Lipinski definition) is 5. The average molecular weight is 390 g/mol. The van der Waals surface area contributed by atoms with Crippen molar-refractivity contribution in [2.75, 3.05) is 12.1 Å². The molecule has 4 rings (SSSR count). The van der Waals surface area contributed by atoms with Gasteiger partial charge in [0.15, 0.2) is 11.5 Å². The minimum Gasteiger partial charge on any atom is -0.454 e. The maximum absolute atomic E-state index is 12.8. The highest BCUT2D eigenvalue weighted by molar-refractivity contribution is 6.03. The molecule has 0 spiro atoms. The van der Waals surface area contributed by atoms with Crippen LogP contribution in [-0.2, 0) is 12.7 Å². The minimum absolute atomic E-state index is 0.0367. The highest BCUT2D eigenvalue weighted by Gasteiger charge is 2.30. The SMILES string of the molecule is O=C(Nc1ncn(Cc2cccc(C(F)(F)F)c2)n1)c1ccc2c(c1)OCO2. The van der Waals surface area contributed by atoms with Crippen LogP contribution >= 0.6 is 0 Å². The number of carbonyl (C=O) groups excluding carboxylic acids is 1. The molecule has 1 aliphatic rings. The van der Waals surface area contributed by atoms with Gasteiger partial charge < -0.3 is 9.47 Å². The number of amides is 1. The summed E-state index contributed by atoms with van der Waals surface area (Å²) in [5.74, 6) is 0.612. The summed E-state index contributed by atoms with van der Waals surface area (Å²) in [5, 5.41) is 6.60. The van der Waals surface area contributed by atoms with Gasteiger partial charge in [0.1, 0.15) is 6.33 Å². The molecule has 28 heavy (non-hydrogen) atoms. The second-order valence-electron chi connectivity index (χ2n) is 5.99. The molecule has 10 heteroatoms. The van der Waals surface area contributed by atoms with Gasteiger partial charge in [-0.05, 0) is 35.9 Å². The lowest BCUT2D eigenvalue weighted by atomic mass is 10.1. The normalized spacial score (nSPS) is 12.8. The van der Waals surface area contributed by atoms with Crippen molar-refractivity contribution < 1.29 is 27.4 Å². The molecule has 1 aromatic heterocycles. The van der Waals surface area contributed by atoms with Gasteiger partial charge in [0.25, 0.3) is 5.91 Å². The molecular weight excluding hydrogens is 377 g/mol. The summed E-state index contributed by atoms with van der Waals surface area (Å²) in [7, 11) is 0. The van der Waals surface area contributed by atoms with Crippen LogP contribution in [0.5, 0.6) is 11.5 Å². The zero-order chi connectivity index (χ0) is 19.7. The fraction of sp³-hybridized carbons (Fsp3) is 0.167. The van der Waals surface area contributed by atoms with E-state index in [2.05, 4.69) is 15.4 Å². The zero-order valence-corrected chi connectivity index (χ0v) is 14.2. The lowest BCUT2D eigenvalue weighted by Gasteiger charge is -2.08. The molecule has 0 atom stereocenters. The number of anilines is 1. The molecule has 0 radical (unpaired) electrons. The van der Waals surface area contributed by atoms with Crippen molar-refractivity contribution >= 4 is 11.9 Å². The number of benzene rings is 2. The van der Waals surface area contributed by atoms with Gasteiger partial charge in [-0.1, -0.05) is 12.1 Å². The molecule has 0 unspecified atom stereocenters. The number of rotatable bonds is 4. The van der Waals surface area contributed by atoms with E-state index in [9.17, 15) is 18.0 Å². The van der Waals surface area contributed by atoms with Crippen molar-refractivity contribution in [3.63, 3.8) is 0 Å². The van der Waals surface area contributed by atoms with Gasteiger partial charge in [-0.15, -0.1) is 5.10 Å². The largest absolute Gasteiger partial charge is 0.454 e. The molecule has 7 nitrogen and oxygen atoms in total. The summed E-state index contributed by atoms with van der Waals surface area (Å²) in [6.45, 7) is 0.179. The Morgan fingerprint density at radius 1 is 1.14 bits per heavy atom. The summed E-state index contributed by atoms with van der Waals surface area (Å²) in [5.41, 5.74) is 0.00769. The van der Waals surface area contributed by atoms with Crippen molar-refractivity contribution in [3.05, 3.63) is 65.5 Å². The predicted molar refractivity (Wildman–Crippen MR) is 91.1 cm³/mol. The van der Waals surface area contributed by atoms with E-state index in [0.29, 0.717) is 22.6 Å². The lowest BCUT2D eigenvalue weighted by molar-refractivity contribution is -0.137. The van der Waals surface area contributed by atoms with Crippen LogP contribution in [0, 0.1) is 0 Å². The topological polar surface area (TPSA) is 78.3 Å². The molecule has 144 valence electrons. The van der Waals surface area contributed by atoms with Gasteiger partial charge >= 0.3 is 6.18 Å². The van der Waals surface area contributed by atoms with E-state index in [0.717, 1.165) is 12.1 Å². The molecule has 2 aromatic carbocycles. The van der Waals surface area contributed by atoms with Crippen molar-refractivity contribution in [1.29, 1.82) is 0 Å². The Morgan fingerprint density at radius 2 is 1.96 bits per heavy atom. The number of ether oxygens (including phenoxy) is 2. The highest BCUT2D eigenvalue weighted by Crippen LogP contribution is 2.32. The second kappa shape index (κ2) is 6.87. The van der Waals surface area contributed by atoms with Gasteiger partial charge in [0, 0.05) is 5.56 Å². The van der Waals surface area contributed by atoms with Gasteiger partial charge in [-0.3, -0.25) is 10.1 Å². The van der Waals surface area contributed by atoms with Crippen molar-refractivity contribution in [3.8, 4) is 11.5 Å². The van der Waals surface area contributed by atoms with Crippen LogP contribution in [0.3, 0.4) is 0 Å². The molecule has 2 heterocycles. The summed E-state index contributed by atoms with van der Waals surface area (Å²) < 4.78 is 50.2. The van der Waals surface area contributed by atoms with Gasteiger partial charge in [0.05, 0.1) is 12.1 Å². The van der Waals surface area contributed by atoms with E-state index in [1.54, 1.807) is 18.2 Å². The first-order chi connectivity index (χ1) is 13.4. The van der Waals surface area contributed by atoms with Gasteiger partial charge in [-0.2, -0.15) is 13.2 Å². The Labute approximate surface area is 156 Å². The molecule has 0 aliphatic carbocycles. The third kappa shape index (κ3) is 3.75. The Morgan fingerprint density at radius 3 is 2.79 bits per heavy atom. The van der Waals surface area contributed by atoms with E-state index in [4.69, 9.17) is 9.47 Å². The summed E-state index contributed by atoms with van der Waals surface area (Å²) in [6.07, 6.45) is -3.09. The number of alkyl halides is 3. The van der Waals surface area contributed by atoms with E-state index in [-0.39, 0.29) is 19.3 Å². The zero-order valence-electron chi connectivity index (χ0n) is 14.2. The Balaban J connectivity index is 1.44. The van der Waals surface area contributed by atoms with Crippen molar-refractivity contribution in [2.45, 2.75) is 12.7 Å². The fourth-order valence-corrected chi connectivity index (χ4v) is 2.67. The Hall–Kier alpha value is -3.56. The predicted octanol–water partition coefficient (Wildman–Crippen LogP) is 3.33. The first-order valence-corrected chi connectivity index (χ1v) is 8.15. The van der Waals surface area contributed by atoms with E-state index >= 15 is 0 Å². The monoisotopic (exact) mass is 390 g/mol. The Bertz CT molecular complexity index is 1030. The van der Waals surface area contributed by atoms with Gasteiger partial charge in [-0.25, -0.2) is 9.67 Å². The maximum Gasteiger partial charge on any atom is 0.416 e. The van der Waals surface area contributed by atoms with E-state index < -0.39 is 17.6 Å². The number of nitrogens with zero attached hydrogens (tertiary/aromatic N) is 3. The molecule has 3 aromatic rings. The summed E-state index contributed by atoms with van der Waals surface area (Å²) in [6, 6.07) is 9.67. The fourth-order valence-electron chi connectivity index (χ4n) is 2.67. The first kappa shape index (κ1) is 17.8. The van der Waals surface area contributed by atoms with Crippen LogP contribution in [0.15, 0.2) is 48.8 Å². The molecule has 0 saturated heterocycles. The quantitative estimate of drug-likeness (QED) is 0.740. The van der Waals surface area contributed by atoms with Crippen LogP contribution < -0.4 is 14.8 Å². The van der Waals surface area contributed by atoms with Crippen molar-refractivity contribution in [2.24, 2.45) is 0 Å². The first-order valence-electron chi connectivity index (χ1n) is 8.15. The maximum atomic E-state index is 12.8. The molecule has 1 N–H and O–H groups in total. The molecular formula is C18H13F3N4O3. The smallest absolute Gasteiger partial charge is 0.416 e. The van der Waals surface area contributed by atoms with Crippen LogP contribution in [0.25, 0.3) is 0 Å². The number of aromatic nitrogens is 3. The number of fused-ring (bicyclic) bond motifs is 1. The number of carbonyl (C=O) groups is 1. The van der Waals surface area contributed by atoms with E-state index in [1.807, 2.05) is 0 Å². The average Bonchev–Trinajstić information content (AvgIpc) is 3.29. The summed E-state index contributed by atoms with van der Waals surface area (Å²) in [4.78, 5) is 16.3. The molecule has 0 saturated carbocycles. The molecule has 1 amide bonds. The minimum atomic E-state index is -4.41. The standard InChI is InChI=1S/C18H13F3N4O3/c19-18(20,21)13-3-1-2-11(6-13)8-25-9-22-17(24-25)23-16(26)12-4-5-14-15(7-12)28-10-27-14/h1-7,9H,8,10H2,(H,23,24,26). The van der Waals surface area contributed by atoms with Gasteiger partial charge in [0.2, 0.25) is 12.7 Å². The summed E-state index contributed by atoms with van der Waals surface area (Å²) >= 11 is 0.